The maximum atomic E-state index is 11.6. The Hall–Kier alpha value is -3.54. The molecule has 0 aliphatic rings. The number of nitrogens with zero attached hydrogens (tertiary/aromatic N) is 2. The molecular formula is C21H20N4O2. The molecule has 0 fully saturated rings. The van der Waals surface area contributed by atoms with Gasteiger partial charge in [-0.15, -0.1) is 0 Å². The van der Waals surface area contributed by atoms with Crippen LogP contribution in [-0.4, -0.2) is 22.6 Å². The average Bonchev–Trinajstić information content (AvgIpc) is 2.99. The summed E-state index contributed by atoms with van der Waals surface area (Å²) in [6, 6.07) is 13.9. The molecule has 1 amide bonds. The lowest BCUT2D eigenvalue weighted by atomic mass is 10.1. The fourth-order valence-corrected chi connectivity index (χ4v) is 3.34. The van der Waals surface area contributed by atoms with Crippen LogP contribution in [0.1, 0.15) is 11.1 Å². The molecule has 2 aromatic heterocycles. The van der Waals surface area contributed by atoms with E-state index in [1.54, 1.807) is 0 Å². The van der Waals surface area contributed by atoms with Crippen LogP contribution in [-0.2, 0) is 4.74 Å². The number of aromatic nitrogens is 2. The number of ether oxygens (including phenoxy) is 1. The Labute approximate surface area is 156 Å². The molecule has 4 rings (SSSR count). The van der Waals surface area contributed by atoms with Crippen molar-refractivity contribution in [3.8, 4) is 11.3 Å². The SMILES string of the molecule is COC(=O)Nc1cc2c(ccn3c(N)c(-c4ccccc4C)nc23)cc1C. The number of fused-ring (bicyclic) bond motifs is 3. The molecule has 0 aliphatic carbocycles. The predicted octanol–water partition coefficient (Wildman–Crippen LogP) is 4.53. The summed E-state index contributed by atoms with van der Waals surface area (Å²) in [6.45, 7) is 3.98. The number of methoxy groups -OCH3 is 1. The van der Waals surface area contributed by atoms with E-state index in [4.69, 9.17) is 15.5 Å². The Morgan fingerprint density at radius 3 is 2.67 bits per heavy atom. The number of carbonyl (C=O) groups is 1. The Kier molecular flexibility index (Phi) is 3.96. The second-order valence-electron chi connectivity index (χ2n) is 6.54. The number of rotatable bonds is 2. The second-order valence-corrected chi connectivity index (χ2v) is 6.54. The standard InChI is InChI=1S/C21H20N4O2/c1-12-6-4-5-7-15(12)18-19(22)25-9-8-14-10-13(2)17(23-21(26)27-3)11-16(14)20(25)24-18/h4-11H,22H2,1-3H3,(H,23,26). The lowest BCUT2D eigenvalue weighted by molar-refractivity contribution is 0.187. The molecule has 2 aromatic carbocycles. The molecule has 2 heterocycles. The van der Waals surface area contributed by atoms with Crippen molar-refractivity contribution in [2.45, 2.75) is 13.8 Å². The van der Waals surface area contributed by atoms with Gasteiger partial charge < -0.3 is 10.5 Å². The number of nitrogens with two attached hydrogens (primary N) is 1. The summed E-state index contributed by atoms with van der Waals surface area (Å²) in [6.07, 6.45) is 1.42. The van der Waals surface area contributed by atoms with Gasteiger partial charge in [0, 0.05) is 22.8 Å². The fourth-order valence-electron chi connectivity index (χ4n) is 3.34. The zero-order valence-corrected chi connectivity index (χ0v) is 15.4. The molecule has 0 saturated carbocycles. The van der Waals surface area contributed by atoms with E-state index in [1.807, 2.05) is 66.9 Å². The van der Waals surface area contributed by atoms with Crippen molar-refractivity contribution in [1.29, 1.82) is 0 Å². The molecule has 136 valence electrons. The summed E-state index contributed by atoms with van der Waals surface area (Å²) in [5.41, 5.74) is 11.7. The molecule has 0 aliphatic heterocycles. The Balaban J connectivity index is 1.98. The first kappa shape index (κ1) is 16.9. The van der Waals surface area contributed by atoms with Crippen LogP contribution in [0, 0.1) is 13.8 Å². The molecule has 0 spiro atoms. The van der Waals surface area contributed by atoms with E-state index in [1.165, 1.54) is 7.11 Å². The maximum absolute atomic E-state index is 11.6. The maximum Gasteiger partial charge on any atom is 0.411 e. The van der Waals surface area contributed by atoms with Crippen molar-refractivity contribution in [3.63, 3.8) is 0 Å². The number of nitrogen functional groups attached to an aromatic ring is 1. The van der Waals surface area contributed by atoms with Crippen molar-refractivity contribution in [2.24, 2.45) is 0 Å². The number of anilines is 2. The zero-order valence-electron chi connectivity index (χ0n) is 15.4. The van der Waals surface area contributed by atoms with Crippen molar-refractivity contribution < 1.29 is 9.53 Å². The van der Waals surface area contributed by atoms with Crippen molar-refractivity contribution in [3.05, 3.63) is 59.8 Å². The van der Waals surface area contributed by atoms with Crippen LogP contribution in [0.2, 0.25) is 0 Å². The zero-order chi connectivity index (χ0) is 19.1. The van der Waals surface area contributed by atoms with E-state index in [2.05, 4.69) is 5.32 Å². The van der Waals surface area contributed by atoms with Crippen LogP contribution in [0.15, 0.2) is 48.7 Å². The largest absolute Gasteiger partial charge is 0.453 e. The third-order valence-corrected chi connectivity index (χ3v) is 4.81. The number of carbonyl (C=O) groups excluding carboxylic acids is 1. The molecule has 27 heavy (non-hydrogen) atoms. The highest BCUT2D eigenvalue weighted by Gasteiger charge is 2.16. The van der Waals surface area contributed by atoms with Gasteiger partial charge in [0.15, 0.2) is 0 Å². The Morgan fingerprint density at radius 1 is 1.15 bits per heavy atom. The summed E-state index contributed by atoms with van der Waals surface area (Å²) < 4.78 is 6.59. The summed E-state index contributed by atoms with van der Waals surface area (Å²) >= 11 is 0. The molecule has 0 atom stereocenters. The molecule has 3 N–H and O–H groups in total. The third kappa shape index (κ3) is 2.75. The van der Waals surface area contributed by atoms with Gasteiger partial charge in [0.25, 0.3) is 0 Å². The number of hydrogen-bond donors (Lipinski definition) is 2. The van der Waals surface area contributed by atoms with E-state index >= 15 is 0 Å². The van der Waals surface area contributed by atoms with E-state index in [0.29, 0.717) is 11.5 Å². The van der Waals surface area contributed by atoms with Gasteiger partial charge >= 0.3 is 6.09 Å². The van der Waals surface area contributed by atoms with E-state index < -0.39 is 6.09 Å². The molecule has 0 bridgehead atoms. The first-order valence-corrected chi connectivity index (χ1v) is 8.61. The molecular weight excluding hydrogens is 340 g/mol. The summed E-state index contributed by atoms with van der Waals surface area (Å²) in [5.74, 6) is 0.587. The minimum Gasteiger partial charge on any atom is -0.453 e. The summed E-state index contributed by atoms with van der Waals surface area (Å²) in [5, 5.41) is 4.68. The lowest BCUT2D eigenvalue weighted by Gasteiger charge is -2.10. The normalized spacial score (nSPS) is 11.1. The van der Waals surface area contributed by atoms with Gasteiger partial charge in [0.05, 0.1) is 7.11 Å². The quantitative estimate of drug-likeness (QED) is 0.550. The molecule has 6 nitrogen and oxygen atoms in total. The van der Waals surface area contributed by atoms with Crippen LogP contribution in [0.3, 0.4) is 0 Å². The molecule has 0 radical (unpaired) electrons. The highest BCUT2D eigenvalue weighted by atomic mass is 16.5. The predicted molar refractivity (Wildman–Crippen MR) is 108 cm³/mol. The van der Waals surface area contributed by atoms with Crippen LogP contribution >= 0.6 is 0 Å². The third-order valence-electron chi connectivity index (χ3n) is 4.81. The van der Waals surface area contributed by atoms with Crippen LogP contribution in [0.4, 0.5) is 16.3 Å². The topological polar surface area (TPSA) is 81.6 Å². The first-order valence-electron chi connectivity index (χ1n) is 8.61. The van der Waals surface area contributed by atoms with Gasteiger partial charge in [0.1, 0.15) is 17.2 Å². The van der Waals surface area contributed by atoms with Crippen LogP contribution in [0.25, 0.3) is 27.7 Å². The average molecular weight is 360 g/mol. The van der Waals surface area contributed by atoms with Gasteiger partial charge in [-0.05, 0) is 48.6 Å². The summed E-state index contributed by atoms with van der Waals surface area (Å²) in [4.78, 5) is 16.5. The number of pyridine rings is 1. The number of benzene rings is 2. The monoisotopic (exact) mass is 360 g/mol. The van der Waals surface area contributed by atoms with E-state index in [0.717, 1.165) is 38.8 Å². The fraction of sp³-hybridized carbons (Fsp3) is 0.143. The lowest BCUT2D eigenvalue weighted by Crippen LogP contribution is -2.11. The van der Waals surface area contributed by atoms with Gasteiger partial charge in [-0.25, -0.2) is 9.78 Å². The number of aryl methyl sites for hydroxylation is 2. The van der Waals surface area contributed by atoms with Crippen LogP contribution in [0.5, 0.6) is 0 Å². The Bertz CT molecular complexity index is 1190. The smallest absolute Gasteiger partial charge is 0.411 e. The number of hydrogen-bond acceptors (Lipinski definition) is 4. The first-order chi connectivity index (χ1) is 13.0. The molecule has 4 aromatic rings. The van der Waals surface area contributed by atoms with Crippen LogP contribution < -0.4 is 11.1 Å². The molecule has 0 unspecified atom stereocenters. The second kappa shape index (κ2) is 6.32. The molecule has 6 heteroatoms. The van der Waals surface area contributed by atoms with E-state index in [9.17, 15) is 4.79 Å². The van der Waals surface area contributed by atoms with Crippen molar-refractivity contribution in [1.82, 2.24) is 9.38 Å². The molecule has 0 saturated heterocycles. The minimum atomic E-state index is -0.507. The van der Waals surface area contributed by atoms with Gasteiger partial charge in [-0.3, -0.25) is 9.72 Å². The van der Waals surface area contributed by atoms with Crippen molar-refractivity contribution in [2.75, 3.05) is 18.2 Å². The Morgan fingerprint density at radius 2 is 1.93 bits per heavy atom. The minimum absolute atomic E-state index is 0.507. The van der Waals surface area contributed by atoms with Gasteiger partial charge in [-0.1, -0.05) is 24.3 Å². The van der Waals surface area contributed by atoms with E-state index in [-0.39, 0.29) is 0 Å². The number of nitrogens with one attached hydrogen (secondary N) is 1. The van der Waals surface area contributed by atoms with Gasteiger partial charge in [-0.2, -0.15) is 0 Å². The highest BCUT2D eigenvalue weighted by Crippen LogP contribution is 2.33. The summed E-state index contributed by atoms with van der Waals surface area (Å²) in [7, 11) is 1.34. The number of imidazole rings is 1. The van der Waals surface area contributed by atoms with Gasteiger partial charge in [0.2, 0.25) is 0 Å². The highest BCUT2D eigenvalue weighted by molar-refractivity contribution is 6.00. The van der Waals surface area contributed by atoms with Crippen molar-refractivity contribution >= 4 is 34.0 Å². The number of amides is 1.